The van der Waals surface area contributed by atoms with Crippen LogP contribution in [-0.4, -0.2) is 25.5 Å². The molecule has 0 aromatic heterocycles. The highest BCUT2D eigenvalue weighted by Gasteiger charge is 2.17. The maximum atomic E-state index is 5.36. The van der Waals surface area contributed by atoms with E-state index in [0.717, 1.165) is 19.6 Å². The maximum absolute atomic E-state index is 5.36. The topological polar surface area (TPSA) is 21.3 Å². The van der Waals surface area contributed by atoms with E-state index in [1.54, 1.807) is 11.8 Å². The number of thioether (sulfide) groups is 1. The molecule has 2 rings (SSSR count). The highest BCUT2D eigenvalue weighted by atomic mass is 32.2. The second-order valence-corrected chi connectivity index (χ2v) is 5.10. The van der Waals surface area contributed by atoms with Gasteiger partial charge in [-0.05, 0) is 37.3 Å². The minimum atomic E-state index is 0.405. The zero-order valence-corrected chi connectivity index (χ0v) is 10.7. The Bertz CT molecular complexity index is 319. The largest absolute Gasteiger partial charge is 0.380 e. The van der Waals surface area contributed by atoms with Crippen LogP contribution >= 0.6 is 11.8 Å². The van der Waals surface area contributed by atoms with Crippen molar-refractivity contribution in [2.24, 2.45) is 0 Å². The van der Waals surface area contributed by atoms with E-state index in [9.17, 15) is 0 Å². The van der Waals surface area contributed by atoms with Gasteiger partial charge >= 0.3 is 0 Å². The van der Waals surface area contributed by atoms with Gasteiger partial charge < -0.3 is 10.1 Å². The van der Waals surface area contributed by atoms with Gasteiger partial charge in [-0.3, -0.25) is 0 Å². The molecular formula is C13H19NOS. The summed E-state index contributed by atoms with van der Waals surface area (Å²) < 4.78 is 5.36. The van der Waals surface area contributed by atoms with Gasteiger partial charge in [0.2, 0.25) is 0 Å². The quantitative estimate of drug-likeness (QED) is 0.814. The maximum Gasteiger partial charge on any atom is 0.0620 e. The summed E-state index contributed by atoms with van der Waals surface area (Å²) in [5, 5.41) is 3.60. The molecule has 0 bridgehead atoms. The van der Waals surface area contributed by atoms with Crippen LogP contribution in [0, 0.1) is 0 Å². The molecule has 1 aromatic carbocycles. The number of rotatable bonds is 4. The molecule has 1 heterocycles. The van der Waals surface area contributed by atoms with Crippen molar-refractivity contribution in [3.05, 3.63) is 29.8 Å². The van der Waals surface area contributed by atoms with Crippen molar-refractivity contribution in [1.29, 1.82) is 0 Å². The summed E-state index contributed by atoms with van der Waals surface area (Å²) >= 11 is 1.78. The Morgan fingerprint density at radius 3 is 2.69 bits per heavy atom. The lowest BCUT2D eigenvalue weighted by atomic mass is 10.1. The molecule has 0 spiro atoms. The minimum absolute atomic E-state index is 0.405. The van der Waals surface area contributed by atoms with Crippen molar-refractivity contribution in [2.45, 2.75) is 30.3 Å². The molecule has 88 valence electrons. The smallest absolute Gasteiger partial charge is 0.0620 e. The Hall–Kier alpha value is -0.510. The fourth-order valence-corrected chi connectivity index (χ4v) is 2.42. The van der Waals surface area contributed by atoms with Crippen LogP contribution in [0.1, 0.15) is 24.9 Å². The number of hydrogen-bond acceptors (Lipinski definition) is 3. The normalized spacial score (nSPS) is 22.2. The molecular weight excluding hydrogens is 218 g/mol. The molecule has 1 aliphatic heterocycles. The molecule has 0 radical (unpaired) electrons. The predicted octanol–water partition coefficient (Wildman–Crippen LogP) is 2.85. The molecule has 2 unspecified atom stereocenters. The summed E-state index contributed by atoms with van der Waals surface area (Å²) in [5.74, 6) is 0. The van der Waals surface area contributed by atoms with Crippen molar-refractivity contribution < 1.29 is 4.74 Å². The van der Waals surface area contributed by atoms with Gasteiger partial charge in [0.15, 0.2) is 0 Å². The van der Waals surface area contributed by atoms with Gasteiger partial charge in [-0.25, -0.2) is 0 Å². The molecule has 0 aliphatic carbocycles. The van der Waals surface area contributed by atoms with Gasteiger partial charge in [-0.1, -0.05) is 12.1 Å². The second-order valence-electron chi connectivity index (χ2n) is 4.22. The van der Waals surface area contributed by atoms with Crippen LogP contribution in [0.4, 0.5) is 0 Å². The van der Waals surface area contributed by atoms with Crippen LogP contribution in [0.15, 0.2) is 29.2 Å². The van der Waals surface area contributed by atoms with E-state index in [1.165, 1.54) is 10.5 Å². The summed E-state index contributed by atoms with van der Waals surface area (Å²) in [4.78, 5) is 1.32. The summed E-state index contributed by atoms with van der Waals surface area (Å²) in [6.07, 6.45) is 3.24. The first kappa shape index (κ1) is 12.0. The van der Waals surface area contributed by atoms with Gasteiger partial charge in [0.05, 0.1) is 6.61 Å². The summed E-state index contributed by atoms with van der Waals surface area (Å²) in [6, 6.07) is 9.71. The Morgan fingerprint density at radius 1 is 1.38 bits per heavy atom. The lowest BCUT2D eigenvalue weighted by Gasteiger charge is -2.18. The molecule has 0 saturated carbocycles. The van der Waals surface area contributed by atoms with E-state index in [-0.39, 0.29) is 0 Å². The van der Waals surface area contributed by atoms with E-state index < -0.39 is 0 Å². The van der Waals surface area contributed by atoms with Crippen LogP contribution in [0.2, 0.25) is 0 Å². The van der Waals surface area contributed by atoms with Gasteiger partial charge in [-0.2, -0.15) is 0 Å². The summed E-state index contributed by atoms with van der Waals surface area (Å²) in [6.45, 7) is 3.97. The number of nitrogens with one attached hydrogen (secondary N) is 1. The lowest BCUT2D eigenvalue weighted by Crippen LogP contribution is -2.31. The Balaban J connectivity index is 1.94. The first-order valence-electron chi connectivity index (χ1n) is 5.77. The van der Waals surface area contributed by atoms with Gasteiger partial charge in [0.25, 0.3) is 0 Å². The fraction of sp³-hybridized carbons (Fsp3) is 0.538. The molecule has 1 aliphatic rings. The first-order chi connectivity index (χ1) is 7.79. The van der Waals surface area contributed by atoms with Crippen molar-refractivity contribution in [3.8, 4) is 0 Å². The molecule has 16 heavy (non-hydrogen) atoms. The Morgan fingerprint density at radius 2 is 2.12 bits per heavy atom. The zero-order valence-electron chi connectivity index (χ0n) is 9.90. The molecule has 1 fully saturated rings. The van der Waals surface area contributed by atoms with Crippen LogP contribution < -0.4 is 5.32 Å². The highest BCUT2D eigenvalue weighted by molar-refractivity contribution is 7.98. The van der Waals surface area contributed by atoms with Crippen LogP contribution in [0.25, 0.3) is 0 Å². The number of ether oxygens (including phenoxy) is 1. The molecule has 1 aromatic rings. The van der Waals surface area contributed by atoms with E-state index in [0.29, 0.717) is 12.1 Å². The SMILES string of the molecule is CSc1ccc(C(C)NC2CCOC2)cc1. The third-order valence-electron chi connectivity index (χ3n) is 3.03. The van der Waals surface area contributed by atoms with Crippen molar-refractivity contribution in [2.75, 3.05) is 19.5 Å². The van der Waals surface area contributed by atoms with Crippen LogP contribution in [-0.2, 0) is 4.74 Å². The van der Waals surface area contributed by atoms with E-state index in [4.69, 9.17) is 4.74 Å². The van der Waals surface area contributed by atoms with Gasteiger partial charge in [0.1, 0.15) is 0 Å². The monoisotopic (exact) mass is 237 g/mol. The summed E-state index contributed by atoms with van der Waals surface area (Å²) in [5.41, 5.74) is 1.35. The second kappa shape index (κ2) is 5.71. The Labute approximate surface area is 102 Å². The number of hydrogen-bond donors (Lipinski definition) is 1. The lowest BCUT2D eigenvalue weighted by molar-refractivity contribution is 0.188. The average Bonchev–Trinajstić information content (AvgIpc) is 2.82. The summed E-state index contributed by atoms with van der Waals surface area (Å²) in [7, 11) is 0. The fourth-order valence-electron chi connectivity index (χ4n) is 2.01. The van der Waals surface area contributed by atoms with Crippen LogP contribution in [0.3, 0.4) is 0 Å². The van der Waals surface area contributed by atoms with Gasteiger partial charge in [-0.15, -0.1) is 11.8 Å². The molecule has 1 N–H and O–H groups in total. The highest BCUT2D eigenvalue weighted by Crippen LogP contribution is 2.20. The molecule has 2 atom stereocenters. The third-order valence-corrected chi connectivity index (χ3v) is 3.77. The number of benzene rings is 1. The zero-order chi connectivity index (χ0) is 11.4. The van der Waals surface area contributed by atoms with Crippen molar-refractivity contribution in [1.82, 2.24) is 5.32 Å². The van der Waals surface area contributed by atoms with E-state index in [2.05, 4.69) is 42.8 Å². The minimum Gasteiger partial charge on any atom is -0.380 e. The third kappa shape index (κ3) is 3.00. The van der Waals surface area contributed by atoms with E-state index in [1.807, 2.05) is 0 Å². The molecule has 1 saturated heterocycles. The van der Waals surface area contributed by atoms with E-state index >= 15 is 0 Å². The first-order valence-corrected chi connectivity index (χ1v) is 7.00. The molecule has 2 nitrogen and oxygen atoms in total. The molecule has 3 heteroatoms. The van der Waals surface area contributed by atoms with Crippen molar-refractivity contribution >= 4 is 11.8 Å². The average molecular weight is 237 g/mol. The van der Waals surface area contributed by atoms with Crippen molar-refractivity contribution in [3.63, 3.8) is 0 Å². The van der Waals surface area contributed by atoms with Gasteiger partial charge in [0, 0.05) is 23.6 Å². The standard InChI is InChI=1S/C13H19NOS/c1-10(14-12-7-8-15-9-12)11-3-5-13(16-2)6-4-11/h3-6,10,12,14H,7-9H2,1-2H3. The van der Waals surface area contributed by atoms with Crippen LogP contribution in [0.5, 0.6) is 0 Å². The molecule has 0 amide bonds. The predicted molar refractivity (Wildman–Crippen MR) is 69.0 cm³/mol. The Kier molecular flexibility index (Phi) is 4.27.